The van der Waals surface area contributed by atoms with E-state index in [1.54, 1.807) is 18.5 Å². The van der Waals surface area contributed by atoms with Gasteiger partial charge in [-0.25, -0.2) is 14.4 Å². The Morgan fingerprint density at radius 1 is 0.966 bits per heavy atom. The van der Waals surface area contributed by atoms with E-state index in [4.69, 9.17) is 0 Å². The standard InChI is InChI=1S/C21H16F4N4/c22-19-14(3-1-5-17(19)21(23,24)25)11-28-18-7-6-13(10-27-18)9-15-12-29-20-16(15)4-2-8-26-20/h1-8,10,12H,9,11H2,(H,26,29)(H,27,28). The maximum atomic E-state index is 14.1. The number of nitrogens with one attached hydrogen (secondary N) is 2. The molecule has 3 aromatic heterocycles. The van der Waals surface area contributed by atoms with Gasteiger partial charge in [0.25, 0.3) is 0 Å². The van der Waals surface area contributed by atoms with Crippen molar-refractivity contribution >= 4 is 16.9 Å². The molecule has 0 saturated heterocycles. The van der Waals surface area contributed by atoms with Gasteiger partial charge in [0.2, 0.25) is 0 Å². The monoisotopic (exact) mass is 400 g/mol. The van der Waals surface area contributed by atoms with Crippen LogP contribution >= 0.6 is 0 Å². The first-order valence-electron chi connectivity index (χ1n) is 8.86. The number of hydrogen-bond donors (Lipinski definition) is 2. The zero-order valence-electron chi connectivity index (χ0n) is 15.1. The molecule has 0 radical (unpaired) electrons. The van der Waals surface area contributed by atoms with Crippen LogP contribution in [0.5, 0.6) is 0 Å². The molecule has 0 aliphatic carbocycles. The molecule has 4 nitrogen and oxygen atoms in total. The molecule has 148 valence electrons. The number of hydrogen-bond acceptors (Lipinski definition) is 3. The normalized spacial score (nSPS) is 11.7. The molecule has 0 aliphatic heterocycles. The van der Waals surface area contributed by atoms with Crippen LogP contribution in [0.2, 0.25) is 0 Å². The number of anilines is 1. The van der Waals surface area contributed by atoms with Crippen molar-refractivity contribution in [1.29, 1.82) is 0 Å². The number of alkyl halides is 3. The minimum Gasteiger partial charge on any atom is -0.366 e. The number of pyridine rings is 2. The van der Waals surface area contributed by atoms with Crippen LogP contribution in [0.1, 0.15) is 22.3 Å². The Bertz CT molecular complexity index is 1130. The second kappa shape index (κ2) is 7.54. The molecule has 8 heteroatoms. The predicted octanol–water partition coefficient (Wildman–Crippen LogP) is 5.32. The van der Waals surface area contributed by atoms with Crippen LogP contribution < -0.4 is 5.32 Å². The van der Waals surface area contributed by atoms with Crippen molar-refractivity contribution in [3.05, 3.63) is 89.1 Å². The van der Waals surface area contributed by atoms with Gasteiger partial charge < -0.3 is 10.3 Å². The number of aromatic nitrogens is 3. The molecule has 0 amide bonds. The average Bonchev–Trinajstić information content (AvgIpc) is 3.10. The number of fused-ring (bicyclic) bond motifs is 1. The Hall–Kier alpha value is -3.42. The quantitative estimate of drug-likeness (QED) is 0.446. The summed E-state index contributed by atoms with van der Waals surface area (Å²) in [5, 5.41) is 3.90. The summed E-state index contributed by atoms with van der Waals surface area (Å²) in [7, 11) is 0. The second-order valence-corrected chi connectivity index (χ2v) is 6.57. The number of H-pyrrole nitrogens is 1. The summed E-state index contributed by atoms with van der Waals surface area (Å²) in [4.78, 5) is 11.6. The molecule has 0 unspecified atom stereocenters. The van der Waals surface area contributed by atoms with Gasteiger partial charge in [0.15, 0.2) is 0 Å². The fourth-order valence-electron chi connectivity index (χ4n) is 3.13. The van der Waals surface area contributed by atoms with Crippen molar-refractivity contribution in [2.45, 2.75) is 19.1 Å². The number of halogens is 4. The van der Waals surface area contributed by atoms with Crippen LogP contribution in [0, 0.1) is 5.82 Å². The van der Waals surface area contributed by atoms with E-state index in [1.165, 1.54) is 12.1 Å². The van der Waals surface area contributed by atoms with E-state index < -0.39 is 17.6 Å². The van der Waals surface area contributed by atoms with E-state index in [9.17, 15) is 17.6 Å². The third kappa shape index (κ3) is 4.06. The molecular formula is C21H16F4N4. The number of rotatable bonds is 5. The maximum absolute atomic E-state index is 14.1. The van der Waals surface area contributed by atoms with Gasteiger partial charge in [0, 0.05) is 42.5 Å². The number of nitrogens with zero attached hydrogens (tertiary/aromatic N) is 2. The van der Waals surface area contributed by atoms with Gasteiger partial charge in [-0.1, -0.05) is 18.2 Å². The Labute approximate surface area is 163 Å². The van der Waals surface area contributed by atoms with Crippen molar-refractivity contribution in [2.24, 2.45) is 0 Å². The fourth-order valence-corrected chi connectivity index (χ4v) is 3.13. The molecule has 2 N–H and O–H groups in total. The molecule has 29 heavy (non-hydrogen) atoms. The van der Waals surface area contributed by atoms with E-state index in [-0.39, 0.29) is 12.1 Å². The summed E-state index contributed by atoms with van der Waals surface area (Å²) in [6, 6.07) is 10.7. The third-order valence-corrected chi connectivity index (χ3v) is 4.60. The molecule has 4 aromatic rings. The highest BCUT2D eigenvalue weighted by Gasteiger charge is 2.34. The largest absolute Gasteiger partial charge is 0.419 e. The predicted molar refractivity (Wildman–Crippen MR) is 102 cm³/mol. The molecule has 3 heterocycles. The van der Waals surface area contributed by atoms with E-state index in [2.05, 4.69) is 20.3 Å². The van der Waals surface area contributed by atoms with Gasteiger partial charge in [-0.3, -0.25) is 0 Å². The van der Waals surface area contributed by atoms with Crippen molar-refractivity contribution < 1.29 is 17.6 Å². The first-order chi connectivity index (χ1) is 13.9. The van der Waals surface area contributed by atoms with Gasteiger partial charge in [-0.05, 0) is 35.4 Å². The Kier molecular flexibility index (Phi) is 4.92. The van der Waals surface area contributed by atoms with Crippen LogP contribution in [-0.4, -0.2) is 15.0 Å². The van der Waals surface area contributed by atoms with Crippen LogP contribution in [0.15, 0.2) is 61.1 Å². The number of aromatic amines is 1. The van der Waals surface area contributed by atoms with E-state index >= 15 is 0 Å². The zero-order chi connectivity index (χ0) is 20.4. The maximum Gasteiger partial charge on any atom is 0.419 e. The summed E-state index contributed by atoms with van der Waals surface area (Å²) in [5.41, 5.74) is 1.52. The van der Waals surface area contributed by atoms with Crippen LogP contribution in [0.25, 0.3) is 11.0 Å². The van der Waals surface area contributed by atoms with E-state index in [0.29, 0.717) is 12.2 Å². The lowest BCUT2D eigenvalue weighted by Crippen LogP contribution is -2.11. The molecule has 0 aliphatic rings. The summed E-state index contributed by atoms with van der Waals surface area (Å²) in [6.07, 6.45) is 1.23. The highest BCUT2D eigenvalue weighted by Crippen LogP contribution is 2.32. The highest BCUT2D eigenvalue weighted by molar-refractivity contribution is 5.79. The molecule has 1 aromatic carbocycles. The highest BCUT2D eigenvalue weighted by atomic mass is 19.4. The molecule has 0 bridgehead atoms. The first kappa shape index (κ1) is 18.9. The lowest BCUT2D eigenvalue weighted by Gasteiger charge is -2.12. The van der Waals surface area contributed by atoms with Crippen molar-refractivity contribution in [3.63, 3.8) is 0 Å². The Balaban J connectivity index is 1.44. The Morgan fingerprint density at radius 2 is 1.83 bits per heavy atom. The van der Waals surface area contributed by atoms with Crippen molar-refractivity contribution in [2.75, 3.05) is 5.32 Å². The summed E-state index contributed by atoms with van der Waals surface area (Å²) >= 11 is 0. The summed E-state index contributed by atoms with van der Waals surface area (Å²) in [5.74, 6) is -0.816. The van der Waals surface area contributed by atoms with Crippen LogP contribution in [0.3, 0.4) is 0 Å². The summed E-state index contributed by atoms with van der Waals surface area (Å²) < 4.78 is 52.5. The fraction of sp³-hybridized carbons (Fsp3) is 0.143. The molecule has 4 rings (SSSR count). The van der Waals surface area contributed by atoms with E-state index in [1.807, 2.05) is 24.4 Å². The first-order valence-corrected chi connectivity index (χ1v) is 8.86. The minimum atomic E-state index is -4.72. The Morgan fingerprint density at radius 3 is 2.59 bits per heavy atom. The zero-order valence-corrected chi connectivity index (χ0v) is 15.1. The topological polar surface area (TPSA) is 53.6 Å². The van der Waals surface area contributed by atoms with Gasteiger partial charge in [-0.2, -0.15) is 13.2 Å². The van der Waals surface area contributed by atoms with Crippen molar-refractivity contribution in [3.8, 4) is 0 Å². The third-order valence-electron chi connectivity index (χ3n) is 4.60. The smallest absolute Gasteiger partial charge is 0.366 e. The minimum absolute atomic E-state index is 0.0722. The lowest BCUT2D eigenvalue weighted by atomic mass is 10.1. The van der Waals surface area contributed by atoms with Gasteiger partial charge >= 0.3 is 6.18 Å². The molecule has 0 fully saturated rings. The molecule has 0 atom stereocenters. The van der Waals surface area contributed by atoms with Crippen molar-refractivity contribution in [1.82, 2.24) is 15.0 Å². The average molecular weight is 400 g/mol. The summed E-state index contributed by atoms with van der Waals surface area (Å²) in [6.45, 7) is -0.101. The van der Waals surface area contributed by atoms with Gasteiger partial charge in [0.05, 0.1) is 5.56 Å². The van der Waals surface area contributed by atoms with E-state index in [0.717, 1.165) is 28.2 Å². The van der Waals surface area contributed by atoms with Crippen LogP contribution in [-0.2, 0) is 19.1 Å². The SMILES string of the molecule is Fc1c(CNc2ccc(Cc3c[nH]c4ncccc34)cn2)cccc1C(F)(F)F. The second-order valence-electron chi connectivity index (χ2n) is 6.57. The van der Waals surface area contributed by atoms with Crippen LogP contribution in [0.4, 0.5) is 23.4 Å². The molecule has 0 spiro atoms. The molecule has 0 saturated carbocycles. The number of benzene rings is 1. The van der Waals surface area contributed by atoms with Gasteiger partial charge in [0.1, 0.15) is 17.3 Å². The van der Waals surface area contributed by atoms with Gasteiger partial charge in [-0.15, -0.1) is 0 Å². The molecular weight excluding hydrogens is 384 g/mol. The lowest BCUT2D eigenvalue weighted by molar-refractivity contribution is -0.140.